The Labute approximate surface area is 169 Å². The fourth-order valence-corrected chi connectivity index (χ4v) is 4.08. The van der Waals surface area contributed by atoms with Crippen molar-refractivity contribution < 1.29 is 18.7 Å². The molecule has 3 heterocycles. The van der Waals surface area contributed by atoms with Gasteiger partial charge in [0.1, 0.15) is 5.82 Å². The van der Waals surface area contributed by atoms with Crippen LogP contribution in [0, 0.1) is 5.82 Å². The Balaban J connectivity index is 1.60. The maximum absolute atomic E-state index is 14.5. The number of benzene rings is 1. The number of carbonyl (C=O) groups is 2. The van der Waals surface area contributed by atoms with Gasteiger partial charge >= 0.3 is 6.03 Å². The SMILES string of the molecule is C=CCN1C(=O)N[C@@H](c2ccccc2F)C2=C1CN(CCN1CCOCC1)C2=O. The quantitative estimate of drug-likeness (QED) is 0.736. The first-order valence-electron chi connectivity index (χ1n) is 9.86. The summed E-state index contributed by atoms with van der Waals surface area (Å²) in [5.41, 5.74) is 1.38. The standard InChI is InChI=1S/C21H25FN4O3/c1-2-7-26-17-14-25(9-8-24-10-12-29-13-11-24)20(27)18(17)19(23-21(26)28)15-5-3-4-6-16(15)22/h2-6,19H,1,7-14H2,(H,23,28)/t19-/m0/s1. The Kier molecular flexibility index (Phi) is 5.64. The summed E-state index contributed by atoms with van der Waals surface area (Å²) < 4.78 is 19.8. The van der Waals surface area contributed by atoms with Crippen LogP contribution in [0.3, 0.4) is 0 Å². The van der Waals surface area contributed by atoms with Crippen LogP contribution in [0.1, 0.15) is 11.6 Å². The number of amides is 3. The summed E-state index contributed by atoms with van der Waals surface area (Å²) in [7, 11) is 0. The normalized spacial score (nSPS) is 22.7. The van der Waals surface area contributed by atoms with Gasteiger partial charge in [0.15, 0.2) is 0 Å². The van der Waals surface area contributed by atoms with Crippen molar-refractivity contribution in [3.8, 4) is 0 Å². The summed E-state index contributed by atoms with van der Waals surface area (Å²) in [6, 6.07) is 5.11. The Morgan fingerprint density at radius 2 is 1.97 bits per heavy atom. The zero-order valence-corrected chi connectivity index (χ0v) is 16.3. The van der Waals surface area contributed by atoms with Gasteiger partial charge in [0, 0.05) is 38.3 Å². The van der Waals surface area contributed by atoms with Crippen LogP contribution in [0.2, 0.25) is 0 Å². The molecule has 0 bridgehead atoms. The van der Waals surface area contributed by atoms with Gasteiger partial charge in [0.2, 0.25) is 0 Å². The van der Waals surface area contributed by atoms with Crippen LogP contribution >= 0.6 is 0 Å². The highest BCUT2D eigenvalue weighted by Gasteiger charge is 2.44. The molecule has 0 radical (unpaired) electrons. The molecule has 0 spiro atoms. The number of halogens is 1. The molecular weight excluding hydrogens is 375 g/mol. The largest absolute Gasteiger partial charge is 0.379 e. The zero-order chi connectivity index (χ0) is 20.4. The smallest absolute Gasteiger partial charge is 0.322 e. The minimum atomic E-state index is -0.791. The predicted molar refractivity (Wildman–Crippen MR) is 105 cm³/mol. The molecule has 7 nitrogen and oxygen atoms in total. The van der Waals surface area contributed by atoms with Gasteiger partial charge in [-0.25, -0.2) is 9.18 Å². The van der Waals surface area contributed by atoms with E-state index in [1.807, 2.05) is 0 Å². The van der Waals surface area contributed by atoms with Crippen molar-refractivity contribution in [2.45, 2.75) is 6.04 Å². The van der Waals surface area contributed by atoms with E-state index in [2.05, 4.69) is 16.8 Å². The fourth-order valence-electron chi connectivity index (χ4n) is 4.08. The summed E-state index contributed by atoms with van der Waals surface area (Å²) in [5.74, 6) is -0.600. The molecule has 1 N–H and O–H groups in total. The minimum Gasteiger partial charge on any atom is -0.379 e. The molecule has 29 heavy (non-hydrogen) atoms. The Bertz CT molecular complexity index is 850. The van der Waals surface area contributed by atoms with Crippen molar-refractivity contribution in [1.82, 2.24) is 20.0 Å². The van der Waals surface area contributed by atoms with E-state index in [1.54, 1.807) is 29.2 Å². The number of rotatable bonds is 6. The molecule has 1 aromatic carbocycles. The lowest BCUT2D eigenvalue weighted by Gasteiger charge is -2.33. The molecule has 3 aliphatic rings. The third-order valence-electron chi connectivity index (χ3n) is 5.61. The first-order chi connectivity index (χ1) is 14.1. The second-order valence-corrected chi connectivity index (χ2v) is 7.34. The highest BCUT2D eigenvalue weighted by molar-refractivity contribution is 6.01. The summed E-state index contributed by atoms with van der Waals surface area (Å²) in [6.45, 7) is 8.71. The van der Waals surface area contributed by atoms with Gasteiger partial charge in [-0.05, 0) is 6.07 Å². The topological polar surface area (TPSA) is 65.1 Å². The number of morpholine rings is 1. The molecule has 1 saturated heterocycles. The highest BCUT2D eigenvalue weighted by Crippen LogP contribution is 2.36. The van der Waals surface area contributed by atoms with Crippen LogP contribution in [0.5, 0.6) is 0 Å². The van der Waals surface area contributed by atoms with Crippen molar-refractivity contribution in [3.63, 3.8) is 0 Å². The lowest BCUT2D eigenvalue weighted by atomic mass is 9.95. The third-order valence-corrected chi connectivity index (χ3v) is 5.61. The molecular formula is C21H25FN4O3. The lowest BCUT2D eigenvalue weighted by Crippen LogP contribution is -2.47. The van der Waals surface area contributed by atoms with E-state index >= 15 is 0 Å². The molecule has 0 aromatic heterocycles. The maximum atomic E-state index is 14.5. The zero-order valence-electron chi connectivity index (χ0n) is 16.3. The molecule has 4 rings (SSSR count). The van der Waals surface area contributed by atoms with Gasteiger partial charge in [-0.3, -0.25) is 14.6 Å². The predicted octanol–water partition coefficient (Wildman–Crippen LogP) is 1.51. The van der Waals surface area contributed by atoms with Crippen LogP contribution in [-0.4, -0.2) is 79.1 Å². The van der Waals surface area contributed by atoms with Crippen LogP contribution in [0.4, 0.5) is 9.18 Å². The first kappa shape index (κ1) is 19.6. The molecule has 3 amide bonds. The van der Waals surface area contributed by atoms with Crippen molar-refractivity contribution in [2.24, 2.45) is 0 Å². The summed E-state index contributed by atoms with van der Waals surface area (Å²) in [5, 5.41) is 2.80. The number of hydrogen-bond donors (Lipinski definition) is 1. The Morgan fingerprint density at radius 1 is 1.21 bits per heavy atom. The van der Waals surface area contributed by atoms with E-state index < -0.39 is 11.9 Å². The van der Waals surface area contributed by atoms with Crippen LogP contribution < -0.4 is 5.32 Å². The second kappa shape index (κ2) is 8.34. The number of ether oxygens (including phenoxy) is 1. The average molecular weight is 400 g/mol. The summed E-state index contributed by atoms with van der Waals surface area (Å²) >= 11 is 0. The Hall–Kier alpha value is -2.71. The fraction of sp³-hybridized carbons (Fsp3) is 0.429. The van der Waals surface area contributed by atoms with Crippen molar-refractivity contribution in [3.05, 3.63) is 59.6 Å². The highest BCUT2D eigenvalue weighted by atomic mass is 19.1. The van der Waals surface area contributed by atoms with Crippen LogP contribution in [0.15, 0.2) is 48.2 Å². The van der Waals surface area contributed by atoms with Crippen molar-refractivity contribution in [2.75, 3.05) is 52.5 Å². The molecule has 1 fully saturated rings. The van der Waals surface area contributed by atoms with Crippen molar-refractivity contribution >= 4 is 11.9 Å². The van der Waals surface area contributed by atoms with Gasteiger partial charge < -0.3 is 15.0 Å². The molecule has 8 heteroatoms. The van der Waals surface area contributed by atoms with Crippen LogP contribution in [-0.2, 0) is 9.53 Å². The number of carbonyl (C=O) groups excluding carboxylic acids is 2. The average Bonchev–Trinajstić information content (AvgIpc) is 3.06. The van der Waals surface area contributed by atoms with Gasteiger partial charge in [-0.1, -0.05) is 24.3 Å². The number of urea groups is 1. The second-order valence-electron chi connectivity index (χ2n) is 7.34. The molecule has 3 aliphatic heterocycles. The number of nitrogens with one attached hydrogen (secondary N) is 1. The summed E-state index contributed by atoms with van der Waals surface area (Å²) in [4.78, 5) is 31.5. The minimum absolute atomic E-state index is 0.157. The molecule has 1 atom stereocenters. The Morgan fingerprint density at radius 3 is 2.69 bits per heavy atom. The van der Waals surface area contributed by atoms with Crippen molar-refractivity contribution in [1.29, 1.82) is 0 Å². The van der Waals surface area contributed by atoms with E-state index in [0.29, 0.717) is 49.7 Å². The van der Waals surface area contributed by atoms with E-state index in [9.17, 15) is 14.0 Å². The first-order valence-corrected chi connectivity index (χ1v) is 9.86. The molecule has 0 saturated carbocycles. The molecule has 154 valence electrons. The van der Waals surface area contributed by atoms with E-state index in [-0.39, 0.29) is 11.9 Å². The van der Waals surface area contributed by atoms with E-state index in [0.717, 1.165) is 19.6 Å². The lowest BCUT2D eigenvalue weighted by molar-refractivity contribution is -0.126. The van der Waals surface area contributed by atoms with E-state index in [4.69, 9.17) is 4.74 Å². The van der Waals surface area contributed by atoms with E-state index in [1.165, 1.54) is 11.0 Å². The van der Waals surface area contributed by atoms with Gasteiger partial charge in [0.25, 0.3) is 5.91 Å². The monoisotopic (exact) mass is 400 g/mol. The van der Waals surface area contributed by atoms with Gasteiger partial charge in [-0.2, -0.15) is 0 Å². The van der Waals surface area contributed by atoms with Gasteiger partial charge in [-0.15, -0.1) is 6.58 Å². The van der Waals surface area contributed by atoms with Crippen LogP contribution in [0.25, 0.3) is 0 Å². The maximum Gasteiger partial charge on any atom is 0.322 e. The van der Waals surface area contributed by atoms with Gasteiger partial charge in [0.05, 0.1) is 37.1 Å². The number of hydrogen-bond acceptors (Lipinski definition) is 4. The number of nitrogens with zero attached hydrogens (tertiary/aromatic N) is 3. The summed E-state index contributed by atoms with van der Waals surface area (Å²) in [6.07, 6.45) is 1.62. The molecule has 1 aromatic rings. The third kappa shape index (κ3) is 3.77. The molecule has 0 aliphatic carbocycles. The molecule has 0 unspecified atom stereocenters.